The third-order valence-electron chi connectivity index (χ3n) is 1.81. The molecule has 2 rings (SSSR count). The SMILES string of the molecule is N#Cc1c(N)sc2c(I)cccc12. The van der Waals surface area contributed by atoms with E-state index >= 15 is 0 Å². The van der Waals surface area contributed by atoms with Crippen molar-refractivity contribution in [3.8, 4) is 6.07 Å². The van der Waals surface area contributed by atoms with Gasteiger partial charge in [0.25, 0.3) is 0 Å². The molecule has 1 aromatic heterocycles. The summed E-state index contributed by atoms with van der Waals surface area (Å²) >= 11 is 3.73. The number of hydrogen-bond donors (Lipinski definition) is 1. The molecule has 13 heavy (non-hydrogen) atoms. The van der Waals surface area contributed by atoms with Crippen LogP contribution in [-0.2, 0) is 0 Å². The second-order valence-corrected chi connectivity index (χ2v) is 4.78. The van der Waals surface area contributed by atoms with Gasteiger partial charge in [-0.15, -0.1) is 11.3 Å². The summed E-state index contributed by atoms with van der Waals surface area (Å²) in [5, 5.41) is 10.5. The molecule has 0 radical (unpaired) electrons. The van der Waals surface area contributed by atoms with Crippen LogP contribution in [0.2, 0.25) is 0 Å². The quantitative estimate of drug-likeness (QED) is 0.760. The predicted molar refractivity (Wildman–Crippen MR) is 63.7 cm³/mol. The van der Waals surface area contributed by atoms with Crippen LogP contribution in [0.25, 0.3) is 10.1 Å². The van der Waals surface area contributed by atoms with E-state index in [4.69, 9.17) is 11.0 Å². The first-order chi connectivity index (χ1) is 6.24. The van der Waals surface area contributed by atoms with Crippen LogP contribution in [0.4, 0.5) is 5.00 Å². The first-order valence-electron chi connectivity index (χ1n) is 3.60. The van der Waals surface area contributed by atoms with Crippen LogP contribution in [0.5, 0.6) is 0 Å². The minimum absolute atomic E-state index is 0.610. The summed E-state index contributed by atoms with van der Waals surface area (Å²) in [6.45, 7) is 0. The van der Waals surface area contributed by atoms with Crippen molar-refractivity contribution >= 4 is 49.0 Å². The molecule has 0 bridgehead atoms. The molecule has 0 fully saturated rings. The Hall–Kier alpha value is -0.800. The maximum atomic E-state index is 8.87. The van der Waals surface area contributed by atoms with Crippen molar-refractivity contribution in [2.75, 3.05) is 5.73 Å². The molecule has 0 saturated heterocycles. The van der Waals surface area contributed by atoms with Crippen LogP contribution < -0.4 is 5.73 Å². The number of nitrogens with two attached hydrogens (primary N) is 1. The van der Waals surface area contributed by atoms with Gasteiger partial charge in [0.1, 0.15) is 11.1 Å². The topological polar surface area (TPSA) is 49.8 Å². The highest BCUT2D eigenvalue weighted by Crippen LogP contribution is 2.35. The van der Waals surface area contributed by atoms with E-state index in [9.17, 15) is 0 Å². The molecule has 0 unspecified atom stereocenters. The number of nitrogens with zero attached hydrogens (tertiary/aromatic N) is 1. The Labute approximate surface area is 93.1 Å². The highest BCUT2D eigenvalue weighted by atomic mass is 127. The Morgan fingerprint density at radius 2 is 2.23 bits per heavy atom. The summed E-state index contributed by atoms with van der Waals surface area (Å²) in [5.74, 6) is 0. The minimum atomic E-state index is 0.610. The number of hydrogen-bond acceptors (Lipinski definition) is 3. The number of thiophene rings is 1. The molecule has 1 heterocycles. The molecule has 0 atom stereocenters. The highest BCUT2D eigenvalue weighted by Gasteiger charge is 2.10. The Bertz CT molecular complexity index is 510. The molecule has 1 aromatic carbocycles. The van der Waals surface area contributed by atoms with Crippen molar-refractivity contribution in [1.82, 2.24) is 0 Å². The van der Waals surface area contributed by atoms with Gasteiger partial charge in [0.15, 0.2) is 0 Å². The molecule has 0 aliphatic rings. The predicted octanol–water partition coefficient (Wildman–Crippen LogP) is 2.96. The second-order valence-electron chi connectivity index (χ2n) is 2.57. The van der Waals surface area contributed by atoms with Crippen molar-refractivity contribution < 1.29 is 0 Å². The molecule has 64 valence electrons. The number of nitriles is 1. The van der Waals surface area contributed by atoms with Gasteiger partial charge < -0.3 is 5.73 Å². The van der Waals surface area contributed by atoms with Gasteiger partial charge >= 0.3 is 0 Å². The van der Waals surface area contributed by atoms with Crippen LogP contribution in [0.15, 0.2) is 18.2 Å². The molecule has 4 heteroatoms. The molecule has 2 nitrogen and oxygen atoms in total. The zero-order chi connectivity index (χ0) is 9.42. The average molecular weight is 300 g/mol. The van der Waals surface area contributed by atoms with Gasteiger partial charge in [-0.1, -0.05) is 12.1 Å². The molecule has 0 amide bonds. The van der Waals surface area contributed by atoms with Gasteiger partial charge in [0.05, 0.1) is 10.3 Å². The fourth-order valence-corrected chi connectivity index (χ4v) is 2.97. The molecule has 0 aliphatic heterocycles. The van der Waals surface area contributed by atoms with E-state index in [-0.39, 0.29) is 0 Å². The Balaban J connectivity index is 2.96. The monoisotopic (exact) mass is 300 g/mol. The fourth-order valence-electron chi connectivity index (χ4n) is 1.22. The summed E-state index contributed by atoms with van der Waals surface area (Å²) in [7, 11) is 0. The number of benzene rings is 1. The van der Waals surface area contributed by atoms with Gasteiger partial charge in [-0.05, 0) is 28.7 Å². The van der Waals surface area contributed by atoms with E-state index in [0.29, 0.717) is 10.6 Å². The summed E-state index contributed by atoms with van der Waals surface area (Å²) in [6.07, 6.45) is 0. The van der Waals surface area contributed by atoms with E-state index in [1.165, 1.54) is 11.3 Å². The molecule has 0 saturated carbocycles. The van der Waals surface area contributed by atoms with Gasteiger partial charge in [-0.2, -0.15) is 5.26 Å². The lowest BCUT2D eigenvalue weighted by atomic mass is 10.2. The molecular formula is C9H5IN2S. The lowest BCUT2D eigenvalue weighted by Gasteiger charge is -1.91. The summed E-state index contributed by atoms with van der Waals surface area (Å²) in [5.41, 5.74) is 6.34. The molecule has 0 aliphatic carbocycles. The van der Waals surface area contributed by atoms with Crippen LogP contribution in [0.1, 0.15) is 5.56 Å². The fraction of sp³-hybridized carbons (Fsp3) is 0. The minimum Gasteiger partial charge on any atom is -0.389 e. The maximum absolute atomic E-state index is 8.87. The van der Waals surface area contributed by atoms with E-state index in [0.717, 1.165) is 13.7 Å². The normalized spacial score (nSPS) is 10.2. The van der Waals surface area contributed by atoms with E-state index in [2.05, 4.69) is 28.7 Å². The van der Waals surface area contributed by atoms with E-state index in [1.807, 2.05) is 18.2 Å². The molecular weight excluding hydrogens is 295 g/mol. The third kappa shape index (κ3) is 1.28. The first-order valence-corrected chi connectivity index (χ1v) is 5.50. The lowest BCUT2D eigenvalue weighted by Crippen LogP contribution is -1.81. The smallest absolute Gasteiger partial charge is 0.105 e. The van der Waals surface area contributed by atoms with Gasteiger partial charge in [-0.3, -0.25) is 0 Å². The van der Waals surface area contributed by atoms with Crippen LogP contribution >= 0.6 is 33.9 Å². The van der Waals surface area contributed by atoms with Crippen molar-refractivity contribution in [3.63, 3.8) is 0 Å². The zero-order valence-corrected chi connectivity index (χ0v) is 9.52. The molecule has 2 N–H and O–H groups in total. The van der Waals surface area contributed by atoms with Crippen LogP contribution in [-0.4, -0.2) is 0 Å². The second kappa shape index (κ2) is 3.16. The average Bonchev–Trinajstić information content (AvgIpc) is 2.43. The number of rotatable bonds is 0. The van der Waals surface area contributed by atoms with Crippen molar-refractivity contribution in [3.05, 3.63) is 27.3 Å². The van der Waals surface area contributed by atoms with Crippen molar-refractivity contribution in [2.45, 2.75) is 0 Å². The van der Waals surface area contributed by atoms with E-state index in [1.54, 1.807) is 0 Å². The Kier molecular flexibility index (Phi) is 2.14. The van der Waals surface area contributed by atoms with Gasteiger partial charge in [0, 0.05) is 8.96 Å². The molecule has 2 aromatic rings. The zero-order valence-electron chi connectivity index (χ0n) is 6.54. The summed E-state index contributed by atoms with van der Waals surface area (Å²) < 4.78 is 2.26. The number of anilines is 1. The first kappa shape index (κ1) is 8.78. The third-order valence-corrected chi connectivity index (χ3v) is 4.14. The number of halogens is 1. The summed E-state index contributed by atoms with van der Waals surface area (Å²) in [4.78, 5) is 0. The van der Waals surface area contributed by atoms with Gasteiger partial charge in [0.2, 0.25) is 0 Å². The van der Waals surface area contributed by atoms with E-state index < -0.39 is 0 Å². The summed E-state index contributed by atoms with van der Waals surface area (Å²) in [6, 6.07) is 8.02. The Morgan fingerprint density at radius 1 is 1.46 bits per heavy atom. The van der Waals surface area contributed by atoms with Gasteiger partial charge in [-0.25, -0.2) is 0 Å². The van der Waals surface area contributed by atoms with Crippen LogP contribution in [0, 0.1) is 14.9 Å². The molecule has 0 spiro atoms. The maximum Gasteiger partial charge on any atom is 0.105 e. The van der Waals surface area contributed by atoms with Crippen LogP contribution in [0.3, 0.4) is 0 Å². The number of fused-ring (bicyclic) bond motifs is 1. The highest BCUT2D eigenvalue weighted by molar-refractivity contribution is 14.1. The standard InChI is InChI=1S/C9H5IN2S/c10-7-3-1-2-5-6(4-11)9(12)13-8(5)7/h1-3H,12H2. The Morgan fingerprint density at radius 3 is 2.92 bits per heavy atom. The van der Waals surface area contributed by atoms with Crippen molar-refractivity contribution in [2.24, 2.45) is 0 Å². The van der Waals surface area contributed by atoms with Crippen molar-refractivity contribution in [1.29, 1.82) is 5.26 Å². The lowest BCUT2D eigenvalue weighted by molar-refractivity contribution is 1.52. The number of nitrogen functional groups attached to an aromatic ring is 1. The largest absolute Gasteiger partial charge is 0.389 e.